The summed E-state index contributed by atoms with van der Waals surface area (Å²) in [6.45, 7) is 6.25. The molecular weight excluding hydrogens is 206 g/mol. The predicted octanol–water partition coefficient (Wildman–Crippen LogP) is 2.59. The van der Waals surface area contributed by atoms with Gasteiger partial charge in [-0.1, -0.05) is 13.8 Å². The number of ether oxygens (including phenoxy) is 1. The second kappa shape index (κ2) is 5.49. The minimum atomic E-state index is -1.03. The van der Waals surface area contributed by atoms with E-state index >= 15 is 0 Å². The topological polar surface area (TPSA) is 59.4 Å². The molecule has 1 aromatic heterocycles. The molecule has 0 fully saturated rings. The van der Waals surface area contributed by atoms with E-state index in [-0.39, 0.29) is 11.8 Å². The molecule has 1 atom stereocenters. The van der Waals surface area contributed by atoms with E-state index < -0.39 is 5.97 Å². The monoisotopic (exact) mass is 223 g/mol. The number of nitrogens with zero attached hydrogens (tertiary/aromatic N) is 1. The highest BCUT2D eigenvalue weighted by Crippen LogP contribution is 2.15. The average molecular weight is 223 g/mol. The number of pyridine rings is 1. The van der Waals surface area contributed by atoms with E-state index in [2.05, 4.69) is 18.8 Å². The summed E-state index contributed by atoms with van der Waals surface area (Å²) in [6.07, 6.45) is 2.51. The summed E-state index contributed by atoms with van der Waals surface area (Å²) < 4.78 is 5.60. The fourth-order valence-corrected chi connectivity index (χ4v) is 1.52. The van der Waals surface area contributed by atoms with E-state index in [9.17, 15) is 4.79 Å². The third-order valence-corrected chi connectivity index (χ3v) is 2.10. The highest BCUT2D eigenvalue weighted by molar-refractivity contribution is 5.85. The third kappa shape index (κ3) is 3.88. The van der Waals surface area contributed by atoms with Crippen molar-refractivity contribution in [2.45, 2.75) is 33.3 Å². The van der Waals surface area contributed by atoms with Crippen LogP contribution >= 0.6 is 0 Å². The van der Waals surface area contributed by atoms with Crippen molar-refractivity contribution in [3.05, 3.63) is 24.0 Å². The fraction of sp³-hybridized carbons (Fsp3) is 0.500. The molecule has 1 heterocycles. The first kappa shape index (κ1) is 12.5. The second-order valence-electron chi connectivity index (χ2n) is 4.24. The van der Waals surface area contributed by atoms with Gasteiger partial charge in [0.1, 0.15) is 11.4 Å². The van der Waals surface area contributed by atoms with Gasteiger partial charge in [0.05, 0.1) is 12.3 Å². The molecule has 4 nitrogen and oxygen atoms in total. The van der Waals surface area contributed by atoms with Crippen molar-refractivity contribution in [3.63, 3.8) is 0 Å². The summed E-state index contributed by atoms with van der Waals surface area (Å²) >= 11 is 0. The van der Waals surface area contributed by atoms with Gasteiger partial charge in [-0.15, -0.1) is 0 Å². The van der Waals surface area contributed by atoms with E-state index in [0.717, 1.165) is 6.42 Å². The summed E-state index contributed by atoms with van der Waals surface area (Å²) in [4.78, 5) is 14.4. The Morgan fingerprint density at radius 1 is 1.44 bits per heavy atom. The van der Waals surface area contributed by atoms with Gasteiger partial charge < -0.3 is 9.84 Å². The van der Waals surface area contributed by atoms with Crippen LogP contribution in [0, 0.1) is 5.92 Å². The van der Waals surface area contributed by atoms with Gasteiger partial charge in [0, 0.05) is 0 Å². The smallest absolute Gasteiger partial charge is 0.354 e. The molecule has 0 aliphatic carbocycles. The molecule has 0 radical (unpaired) electrons. The van der Waals surface area contributed by atoms with Crippen LogP contribution in [0.4, 0.5) is 0 Å². The number of hydrogen-bond donors (Lipinski definition) is 1. The van der Waals surface area contributed by atoms with E-state index in [1.165, 1.54) is 12.3 Å². The zero-order valence-corrected chi connectivity index (χ0v) is 9.80. The number of carboxylic acid groups (broad SMARTS) is 1. The van der Waals surface area contributed by atoms with Gasteiger partial charge in [0.15, 0.2) is 0 Å². The first-order chi connectivity index (χ1) is 7.49. The van der Waals surface area contributed by atoms with Crippen molar-refractivity contribution in [1.29, 1.82) is 0 Å². The van der Waals surface area contributed by atoms with Gasteiger partial charge in [0.2, 0.25) is 0 Å². The van der Waals surface area contributed by atoms with E-state index in [1.54, 1.807) is 6.07 Å². The molecule has 16 heavy (non-hydrogen) atoms. The minimum absolute atomic E-state index is 0.0314. The Morgan fingerprint density at radius 3 is 2.56 bits per heavy atom. The maximum absolute atomic E-state index is 10.6. The lowest BCUT2D eigenvalue weighted by Crippen LogP contribution is -2.14. The first-order valence-corrected chi connectivity index (χ1v) is 5.35. The highest BCUT2D eigenvalue weighted by atomic mass is 16.5. The summed E-state index contributed by atoms with van der Waals surface area (Å²) in [6, 6.07) is 3.08. The Balaban J connectivity index is 2.58. The molecular formula is C12H17NO3. The highest BCUT2D eigenvalue weighted by Gasteiger charge is 2.08. The number of carboxylic acids is 1. The van der Waals surface area contributed by atoms with Crippen LogP contribution in [0.5, 0.6) is 5.75 Å². The van der Waals surface area contributed by atoms with Crippen LogP contribution in [-0.4, -0.2) is 22.2 Å². The minimum Gasteiger partial charge on any atom is -0.489 e. The lowest BCUT2D eigenvalue weighted by Gasteiger charge is -2.16. The number of rotatable bonds is 5. The standard InChI is InChI=1S/C12H17NO3/c1-8(2)6-9(3)16-10-4-5-11(12(14)15)13-7-10/h4-5,7-9H,6H2,1-3H3,(H,14,15). The zero-order valence-electron chi connectivity index (χ0n) is 9.80. The Kier molecular flexibility index (Phi) is 4.28. The molecule has 1 rings (SSSR count). The van der Waals surface area contributed by atoms with Crippen molar-refractivity contribution in [2.75, 3.05) is 0 Å². The van der Waals surface area contributed by atoms with Crippen molar-refractivity contribution in [2.24, 2.45) is 5.92 Å². The molecule has 0 bridgehead atoms. The average Bonchev–Trinajstić information content (AvgIpc) is 2.16. The first-order valence-electron chi connectivity index (χ1n) is 5.35. The molecule has 4 heteroatoms. The maximum atomic E-state index is 10.6. The van der Waals surface area contributed by atoms with Gasteiger partial charge in [0.25, 0.3) is 0 Å². The molecule has 0 amide bonds. The van der Waals surface area contributed by atoms with Crippen LogP contribution in [0.3, 0.4) is 0 Å². The number of carbonyl (C=O) groups is 1. The molecule has 0 spiro atoms. The van der Waals surface area contributed by atoms with Gasteiger partial charge in [-0.2, -0.15) is 0 Å². The number of aromatic nitrogens is 1. The Morgan fingerprint density at radius 2 is 2.12 bits per heavy atom. The van der Waals surface area contributed by atoms with Crippen LogP contribution in [0.2, 0.25) is 0 Å². The normalized spacial score (nSPS) is 12.5. The van der Waals surface area contributed by atoms with Gasteiger partial charge in [-0.25, -0.2) is 9.78 Å². The van der Waals surface area contributed by atoms with Crippen LogP contribution in [0.1, 0.15) is 37.7 Å². The van der Waals surface area contributed by atoms with E-state index in [0.29, 0.717) is 11.7 Å². The van der Waals surface area contributed by atoms with Crippen molar-refractivity contribution in [3.8, 4) is 5.75 Å². The summed E-state index contributed by atoms with van der Waals surface area (Å²) in [5.74, 6) is 0.154. The molecule has 0 saturated heterocycles. The predicted molar refractivity (Wildman–Crippen MR) is 60.7 cm³/mol. The molecule has 88 valence electrons. The molecule has 1 unspecified atom stereocenters. The molecule has 0 aromatic carbocycles. The van der Waals surface area contributed by atoms with Crippen molar-refractivity contribution >= 4 is 5.97 Å². The zero-order chi connectivity index (χ0) is 12.1. The molecule has 1 N–H and O–H groups in total. The Hall–Kier alpha value is -1.58. The van der Waals surface area contributed by atoms with Crippen LogP contribution in [0.25, 0.3) is 0 Å². The SMILES string of the molecule is CC(C)CC(C)Oc1ccc(C(=O)O)nc1. The van der Waals surface area contributed by atoms with Crippen LogP contribution < -0.4 is 4.74 Å². The van der Waals surface area contributed by atoms with E-state index in [4.69, 9.17) is 9.84 Å². The van der Waals surface area contributed by atoms with Crippen molar-refractivity contribution in [1.82, 2.24) is 4.98 Å². The van der Waals surface area contributed by atoms with Crippen LogP contribution in [0.15, 0.2) is 18.3 Å². The van der Waals surface area contributed by atoms with Gasteiger partial charge >= 0.3 is 5.97 Å². The lowest BCUT2D eigenvalue weighted by atomic mass is 10.1. The molecule has 0 aliphatic heterocycles. The Bertz CT molecular complexity index is 346. The third-order valence-electron chi connectivity index (χ3n) is 2.10. The van der Waals surface area contributed by atoms with E-state index in [1.807, 2.05) is 6.92 Å². The number of hydrogen-bond acceptors (Lipinski definition) is 3. The van der Waals surface area contributed by atoms with Gasteiger partial charge in [-0.05, 0) is 31.4 Å². The summed E-state index contributed by atoms with van der Waals surface area (Å²) in [5.41, 5.74) is 0.0314. The Labute approximate surface area is 95.3 Å². The fourth-order valence-electron chi connectivity index (χ4n) is 1.52. The molecule has 0 aliphatic rings. The number of aromatic carboxylic acids is 1. The van der Waals surface area contributed by atoms with Crippen molar-refractivity contribution < 1.29 is 14.6 Å². The maximum Gasteiger partial charge on any atom is 0.354 e. The quantitative estimate of drug-likeness (QED) is 0.833. The van der Waals surface area contributed by atoms with Gasteiger partial charge in [-0.3, -0.25) is 0 Å². The summed E-state index contributed by atoms with van der Waals surface area (Å²) in [5, 5.41) is 8.67. The van der Waals surface area contributed by atoms with Crippen LogP contribution in [-0.2, 0) is 0 Å². The lowest BCUT2D eigenvalue weighted by molar-refractivity contribution is 0.0690. The molecule has 0 saturated carbocycles. The second-order valence-corrected chi connectivity index (χ2v) is 4.24. The molecule has 1 aromatic rings. The summed E-state index contributed by atoms with van der Waals surface area (Å²) in [7, 11) is 0. The largest absolute Gasteiger partial charge is 0.489 e.